The molecule has 0 bridgehead atoms. The van der Waals surface area contributed by atoms with Gasteiger partial charge in [0.05, 0.1) is 6.42 Å². The maximum Gasteiger partial charge on any atom is 0.387 e. The summed E-state index contributed by atoms with van der Waals surface area (Å²) in [6, 6.07) is 6.35. The molecular formula is C13H17F2NO3. The van der Waals surface area contributed by atoms with Crippen LogP contribution >= 0.6 is 0 Å². The van der Waals surface area contributed by atoms with E-state index in [0.29, 0.717) is 13.1 Å². The van der Waals surface area contributed by atoms with E-state index in [2.05, 4.69) is 4.74 Å². The van der Waals surface area contributed by atoms with Crippen LogP contribution in [-0.4, -0.2) is 35.7 Å². The van der Waals surface area contributed by atoms with Crippen LogP contribution in [0.2, 0.25) is 0 Å². The lowest BCUT2D eigenvalue weighted by molar-refractivity contribution is -0.137. The number of carboxylic acid groups (broad SMARTS) is 1. The maximum absolute atomic E-state index is 12.0. The molecule has 1 aromatic carbocycles. The number of benzene rings is 1. The quantitative estimate of drug-likeness (QED) is 0.791. The first-order valence-electron chi connectivity index (χ1n) is 5.99. The fourth-order valence-corrected chi connectivity index (χ4v) is 1.64. The van der Waals surface area contributed by atoms with Gasteiger partial charge in [-0.05, 0) is 24.2 Å². The molecule has 0 atom stereocenters. The first-order chi connectivity index (χ1) is 9.01. The summed E-state index contributed by atoms with van der Waals surface area (Å²) in [6.07, 6.45) is 0.0837. The van der Waals surface area contributed by atoms with Crippen LogP contribution in [0.4, 0.5) is 8.78 Å². The Morgan fingerprint density at radius 1 is 1.37 bits per heavy atom. The lowest BCUT2D eigenvalue weighted by atomic mass is 10.2. The van der Waals surface area contributed by atoms with Gasteiger partial charge in [0.1, 0.15) is 5.75 Å². The standard InChI is InChI=1S/C13H17F2NO3/c1-2-16(8-7-12(17)18)9-10-3-5-11(6-4-10)19-13(14)15/h3-6,13H,2,7-9H2,1H3,(H,17,18). The summed E-state index contributed by atoms with van der Waals surface area (Å²) in [5, 5.41) is 8.63. The number of hydrogen-bond acceptors (Lipinski definition) is 3. The zero-order valence-electron chi connectivity index (χ0n) is 10.7. The van der Waals surface area contributed by atoms with Crippen molar-refractivity contribution in [1.29, 1.82) is 0 Å². The van der Waals surface area contributed by atoms with Gasteiger partial charge in [-0.25, -0.2) is 0 Å². The molecule has 0 aliphatic carbocycles. The molecule has 0 aliphatic heterocycles. The van der Waals surface area contributed by atoms with Crippen molar-refractivity contribution in [3.05, 3.63) is 29.8 Å². The van der Waals surface area contributed by atoms with Gasteiger partial charge in [-0.15, -0.1) is 0 Å². The molecule has 0 aromatic heterocycles. The van der Waals surface area contributed by atoms with Crippen molar-refractivity contribution in [2.24, 2.45) is 0 Å². The predicted molar refractivity (Wildman–Crippen MR) is 66.3 cm³/mol. The number of carbonyl (C=O) groups is 1. The maximum atomic E-state index is 12.0. The highest BCUT2D eigenvalue weighted by molar-refractivity contribution is 5.66. The van der Waals surface area contributed by atoms with Crippen LogP contribution in [0, 0.1) is 0 Å². The van der Waals surface area contributed by atoms with Crippen LogP contribution < -0.4 is 4.74 Å². The summed E-state index contributed by atoms with van der Waals surface area (Å²) in [7, 11) is 0. The zero-order valence-corrected chi connectivity index (χ0v) is 10.7. The second-order valence-corrected chi connectivity index (χ2v) is 4.03. The summed E-state index contributed by atoms with van der Waals surface area (Å²) in [6.45, 7) is 0.881. The highest BCUT2D eigenvalue weighted by atomic mass is 19.3. The highest BCUT2D eigenvalue weighted by Crippen LogP contribution is 2.16. The molecular weight excluding hydrogens is 256 g/mol. The second-order valence-electron chi connectivity index (χ2n) is 4.03. The number of aliphatic carboxylic acids is 1. The Morgan fingerprint density at radius 2 is 2.00 bits per heavy atom. The van der Waals surface area contributed by atoms with Crippen molar-refractivity contribution >= 4 is 5.97 Å². The number of hydrogen-bond donors (Lipinski definition) is 1. The first-order valence-corrected chi connectivity index (χ1v) is 5.99. The fraction of sp³-hybridized carbons (Fsp3) is 0.462. The van der Waals surface area contributed by atoms with E-state index in [1.165, 1.54) is 12.1 Å². The minimum Gasteiger partial charge on any atom is -0.481 e. The molecule has 0 spiro atoms. The van der Waals surface area contributed by atoms with Crippen LogP contribution in [0.1, 0.15) is 18.9 Å². The van der Waals surface area contributed by atoms with Gasteiger partial charge in [0.15, 0.2) is 0 Å². The molecule has 0 amide bonds. The van der Waals surface area contributed by atoms with Gasteiger partial charge in [-0.1, -0.05) is 19.1 Å². The average molecular weight is 273 g/mol. The number of rotatable bonds is 8. The molecule has 106 valence electrons. The molecule has 0 saturated heterocycles. The van der Waals surface area contributed by atoms with E-state index in [9.17, 15) is 13.6 Å². The molecule has 0 heterocycles. The van der Waals surface area contributed by atoms with E-state index in [-0.39, 0.29) is 12.2 Å². The normalized spacial score (nSPS) is 11.0. The molecule has 0 radical (unpaired) electrons. The Labute approximate surface area is 110 Å². The number of alkyl halides is 2. The molecule has 1 rings (SSSR count). The van der Waals surface area contributed by atoms with Crippen molar-refractivity contribution in [2.75, 3.05) is 13.1 Å². The monoisotopic (exact) mass is 273 g/mol. The zero-order chi connectivity index (χ0) is 14.3. The summed E-state index contributed by atoms with van der Waals surface area (Å²) < 4.78 is 28.2. The van der Waals surface area contributed by atoms with Gasteiger partial charge >= 0.3 is 12.6 Å². The van der Waals surface area contributed by atoms with Gasteiger partial charge in [-0.2, -0.15) is 8.78 Å². The SMILES string of the molecule is CCN(CCC(=O)O)Cc1ccc(OC(F)F)cc1. The summed E-state index contributed by atoms with van der Waals surface area (Å²) >= 11 is 0. The highest BCUT2D eigenvalue weighted by Gasteiger charge is 2.07. The van der Waals surface area contributed by atoms with Crippen molar-refractivity contribution in [3.63, 3.8) is 0 Å². The molecule has 0 saturated carbocycles. The van der Waals surface area contributed by atoms with Gasteiger partial charge in [0, 0.05) is 13.1 Å². The van der Waals surface area contributed by atoms with E-state index in [1.54, 1.807) is 12.1 Å². The van der Waals surface area contributed by atoms with Crippen molar-refractivity contribution in [1.82, 2.24) is 4.90 Å². The third-order valence-corrected chi connectivity index (χ3v) is 2.64. The Morgan fingerprint density at radius 3 is 2.47 bits per heavy atom. The Kier molecular flexibility index (Phi) is 6.21. The van der Waals surface area contributed by atoms with E-state index < -0.39 is 12.6 Å². The topological polar surface area (TPSA) is 49.8 Å². The average Bonchev–Trinajstić information content (AvgIpc) is 2.35. The summed E-state index contributed by atoms with van der Waals surface area (Å²) in [5.41, 5.74) is 0.925. The van der Waals surface area contributed by atoms with Crippen molar-refractivity contribution < 1.29 is 23.4 Å². The molecule has 0 fully saturated rings. The smallest absolute Gasteiger partial charge is 0.387 e. The Bertz CT molecular complexity index is 395. The minimum absolute atomic E-state index is 0.0837. The van der Waals surface area contributed by atoms with Crippen molar-refractivity contribution in [2.45, 2.75) is 26.5 Å². The van der Waals surface area contributed by atoms with Crippen LogP contribution in [0.5, 0.6) is 5.75 Å². The van der Waals surface area contributed by atoms with E-state index in [0.717, 1.165) is 12.1 Å². The largest absolute Gasteiger partial charge is 0.481 e. The molecule has 1 aromatic rings. The molecule has 0 unspecified atom stereocenters. The van der Waals surface area contributed by atoms with Crippen LogP contribution in [0.25, 0.3) is 0 Å². The molecule has 0 aliphatic rings. The molecule has 6 heteroatoms. The fourth-order valence-electron chi connectivity index (χ4n) is 1.64. The van der Waals surface area contributed by atoms with Gasteiger partial charge in [-0.3, -0.25) is 9.69 Å². The lowest BCUT2D eigenvalue weighted by Gasteiger charge is -2.19. The van der Waals surface area contributed by atoms with Gasteiger partial charge < -0.3 is 9.84 Å². The summed E-state index contributed by atoms with van der Waals surface area (Å²) in [4.78, 5) is 12.5. The predicted octanol–water partition coefficient (Wildman–Crippen LogP) is 2.58. The Hall–Kier alpha value is -1.69. The minimum atomic E-state index is -2.83. The lowest BCUT2D eigenvalue weighted by Crippen LogP contribution is -2.25. The second kappa shape index (κ2) is 7.68. The number of nitrogens with zero attached hydrogens (tertiary/aromatic N) is 1. The number of ether oxygens (including phenoxy) is 1. The molecule has 4 nitrogen and oxygen atoms in total. The molecule has 1 N–H and O–H groups in total. The van der Waals surface area contributed by atoms with E-state index in [1.807, 2.05) is 11.8 Å². The molecule has 19 heavy (non-hydrogen) atoms. The van der Waals surface area contributed by atoms with Gasteiger partial charge in [0.25, 0.3) is 0 Å². The number of carboxylic acids is 1. The van der Waals surface area contributed by atoms with Crippen LogP contribution in [0.15, 0.2) is 24.3 Å². The summed E-state index contributed by atoms with van der Waals surface area (Å²) in [5.74, 6) is -0.716. The number of halogens is 2. The van der Waals surface area contributed by atoms with E-state index >= 15 is 0 Å². The van der Waals surface area contributed by atoms with Crippen molar-refractivity contribution in [3.8, 4) is 5.75 Å². The third kappa shape index (κ3) is 6.15. The van der Waals surface area contributed by atoms with Crippen LogP contribution in [0.3, 0.4) is 0 Å². The first kappa shape index (κ1) is 15.4. The van der Waals surface area contributed by atoms with Gasteiger partial charge in [0.2, 0.25) is 0 Å². The van der Waals surface area contributed by atoms with Crippen LogP contribution in [-0.2, 0) is 11.3 Å². The Balaban J connectivity index is 2.52. The third-order valence-electron chi connectivity index (χ3n) is 2.64. The van der Waals surface area contributed by atoms with E-state index in [4.69, 9.17) is 5.11 Å².